The quantitative estimate of drug-likeness (QED) is 0.655. The number of ether oxygens (including phenoxy) is 1. The summed E-state index contributed by atoms with van der Waals surface area (Å²) in [5, 5.41) is 19.8. The van der Waals surface area contributed by atoms with Crippen LogP contribution in [0.1, 0.15) is 12.0 Å². The molecule has 1 atom stereocenters. The Morgan fingerprint density at radius 3 is 2.47 bits per heavy atom. The predicted molar refractivity (Wildman–Crippen MR) is 68.0 cm³/mol. The average Bonchev–Trinajstić information content (AvgIpc) is 2.42. The Balaban J connectivity index is 2.31. The number of methoxy groups -OCH3 is 1. The molecule has 0 spiro atoms. The van der Waals surface area contributed by atoms with E-state index in [9.17, 15) is 9.59 Å². The summed E-state index contributed by atoms with van der Waals surface area (Å²) in [6, 6.07) is 7.33. The lowest BCUT2D eigenvalue weighted by Gasteiger charge is -2.08. The average molecular weight is 267 g/mol. The number of carboxylic acids is 1. The van der Waals surface area contributed by atoms with Crippen molar-refractivity contribution in [1.29, 1.82) is 0 Å². The van der Waals surface area contributed by atoms with Gasteiger partial charge in [0.15, 0.2) is 6.10 Å². The van der Waals surface area contributed by atoms with Gasteiger partial charge in [0.05, 0.1) is 13.7 Å². The number of carboxylic acid groups (broad SMARTS) is 1. The molecule has 1 unspecified atom stereocenters. The molecule has 1 aromatic carbocycles. The van der Waals surface area contributed by atoms with Crippen molar-refractivity contribution >= 4 is 11.9 Å². The molecule has 0 aliphatic carbocycles. The minimum atomic E-state index is -1.56. The van der Waals surface area contributed by atoms with Gasteiger partial charge in [-0.15, -0.1) is 0 Å². The summed E-state index contributed by atoms with van der Waals surface area (Å²) in [4.78, 5) is 21.8. The van der Waals surface area contributed by atoms with Crippen molar-refractivity contribution in [2.75, 3.05) is 13.7 Å². The van der Waals surface area contributed by atoms with Crippen molar-refractivity contribution in [2.24, 2.45) is 0 Å². The van der Waals surface area contributed by atoms with Gasteiger partial charge in [-0.1, -0.05) is 12.1 Å². The number of aliphatic hydroxyl groups is 1. The maximum atomic E-state index is 11.4. The number of aliphatic carboxylic acids is 1. The molecule has 0 aliphatic heterocycles. The third kappa shape index (κ3) is 5.39. The number of carbonyl (C=O) groups excluding carboxylic acids is 1. The van der Waals surface area contributed by atoms with E-state index in [1.807, 2.05) is 12.1 Å². The maximum absolute atomic E-state index is 11.4. The summed E-state index contributed by atoms with van der Waals surface area (Å²) >= 11 is 0. The third-order valence-electron chi connectivity index (χ3n) is 2.58. The number of rotatable bonds is 7. The fourth-order valence-electron chi connectivity index (χ4n) is 1.44. The van der Waals surface area contributed by atoms with E-state index in [4.69, 9.17) is 14.9 Å². The summed E-state index contributed by atoms with van der Waals surface area (Å²) in [5.74, 6) is -0.899. The molecule has 0 fully saturated rings. The molecule has 1 amide bonds. The van der Waals surface area contributed by atoms with E-state index in [0.29, 0.717) is 6.42 Å². The van der Waals surface area contributed by atoms with Crippen LogP contribution in [0.4, 0.5) is 0 Å². The fourth-order valence-corrected chi connectivity index (χ4v) is 1.44. The standard InChI is InChI=1S/C13H17NO5/c1-19-10-5-2-9(3-6-10)4-7-12(16)14-8-11(15)13(17)18/h2-3,5-6,11,15H,4,7-8H2,1H3,(H,14,16)(H,17,18). The van der Waals surface area contributed by atoms with Gasteiger partial charge in [-0.3, -0.25) is 4.79 Å². The van der Waals surface area contributed by atoms with E-state index in [0.717, 1.165) is 11.3 Å². The first kappa shape index (κ1) is 15.0. The second-order valence-corrected chi connectivity index (χ2v) is 4.01. The SMILES string of the molecule is COc1ccc(CCC(=O)NCC(O)C(=O)O)cc1. The topological polar surface area (TPSA) is 95.9 Å². The lowest BCUT2D eigenvalue weighted by molar-refractivity contribution is -0.146. The van der Waals surface area contributed by atoms with Gasteiger partial charge >= 0.3 is 5.97 Å². The third-order valence-corrected chi connectivity index (χ3v) is 2.58. The smallest absolute Gasteiger partial charge is 0.334 e. The van der Waals surface area contributed by atoms with Crippen molar-refractivity contribution in [1.82, 2.24) is 5.32 Å². The number of carbonyl (C=O) groups is 2. The number of benzene rings is 1. The first-order chi connectivity index (χ1) is 9.02. The molecule has 0 saturated carbocycles. The molecule has 3 N–H and O–H groups in total. The van der Waals surface area contributed by atoms with Crippen molar-refractivity contribution in [2.45, 2.75) is 18.9 Å². The Morgan fingerprint density at radius 2 is 1.95 bits per heavy atom. The first-order valence-electron chi connectivity index (χ1n) is 5.83. The highest BCUT2D eigenvalue weighted by atomic mass is 16.5. The molecule has 0 saturated heterocycles. The number of hydrogen-bond donors (Lipinski definition) is 3. The fraction of sp³-hybridized carbons (Fsp3) is 0.385. The highest BCUT2D eigenvalue weighted by Gasteiger charge is 2.13. The molecule has 19 heavy (non-hydrogen) atoms. The molecule has 1 aromatic rings. The van der Waals surface area contributed by atoms with Crippen LogP contribution in [-0.4, -0.2) is 41.8 Å². The normalized spacial score (nSPS) is 11.7. The number of amides is 1. The Kier molecular flexibility index (Phi) is 5.81. The molecule has 104 valence electrons. The molecular weight excluding hydrogens is 250 g/mol. The van der Waals surface area contributed by atoms with E-state index in [1.165, 1.54) is 0 Å². The molecule has 0 bridgehead atoms. The highest BCUT2D eigenvalue weighted by Crippen LogP contribution is 2.12. The highest BCUT2D eigenvalue weighted by molar-refractivity contribution is 5.78. The van der Waals surface area contributed by atoms with Gasteiger partial charge in [0.2, 0.25) is 5.91 Å². The lowest BCUT2D eigenvalue weighted by atomic mass is 10.1. The minimum Gasteiger partial charge on any atom is -0.497 e. The summed E-state index contributed by atoms with van der Waals surface area (Å²) in [7, 11) is 1.58. The van der Waals surface area contributed by atoms with Crippen LogP contribution in [0.25, 0.3) is 0 Å². The van der Waals surface area contributed by atoms with Crippen LogP contribution in [0.2, 0.25) is 0 Å². The Bertz CT molecular complexity index is 429. The largest absolute Gasteiger partial charge is 0.497 e. The molecular formula is C13H17NO5. The molecule has 0 aliphatic rings. The molecule has 0 heterocycles. The second-order valence-electron chi connectivity index (χ2n) is 4.01. The second kappa shape index (κ2) is 7.38. The van der Waals surface area contributed by atoms with Gasteiger partial charge in [0.25, 0.3) is 0 Å². The molecule has 6 heteroatoms. The van der Waals surface area contributed by atoms with Crippen LogP contribution in [0, 0.1) is 0 Å². The predicted octanol–water partition coefficient (Wildman–Crippen LogP) is 0.189. The molecule has 0 aromatic heterocycles. The Hall–Kier alpha value is -2.08. The Labute approximate surface area is 111 Å². The minimum absolute atomic E-state index is 0.235. The number of hydrogen-bond acceptors (Lipinski definition) is 4. The van der Waals surface area contributed by atoms with E-state index in [-0.39, 0.29) is 18.9 Å². The van der Waals surface area contributed by atoms with Crippen LogP contribution >= 0.6 is 0 Å². The van der Waals surface area contributed by atoms with Crippen molar-refractivity contribution in [3.05, 3.63) is 29.8 Å². The van der Waals surface area contributed by atoms with Gasteiger partial charge in [0, 0.05) is 6.42 Å². The Morgan fingerprint density at radius 1 is 1.32 bits per heavy atom. The lowest BCUT2D eigenvalue weighted by Crippen LogP contribution is -2.36. The van der Waals surface area contributed by atoms with E-state index in [2.05, 4.69) is 5.32 Å². The summed E-state index contributed by atoms with van der Waals surface area (Å²) in [5.41, 5.74) is 0.981. The van der Waals surface area contributed by atoms with Gasteiger partial charge < -0.3 is 20.3 Å². The zero-order chi connectivity index (χ0) is 14.3. The summed E-state index contributed by atoms with van der Waals surface area (Å²) in [6.45, 7) is -0.281. The summed E-state index contributed by atoms with van der Waals surface area (Å²) < 4.78 is 5.02. The molecule has 0 radical (unpaired) electrons. The van der Waals surface area contributed by atoms with Crippen LogP contribution in [-0.2, 0) is 16.0 Å². The van der Waals surface area contributed by atoms with Gasteiger partial charge in [-0.2, -0.15) is 0 Å². The van der Waals surface area contributed by atoms with Gasteiger partial charge in [0.1, 0.15) is 5.75 Å². The monoisotopic (exact) mass is 267 g/mol. The molecule has 6 nitrogen and oxygen atoms in total. The van der Waals surface area contributed by atoms with Crippen molar-refractivity contribution in [3.63, 3.8) is 0 Å². The number of aliphatic hydroxyl groups excluding tert-OH is 1. The zero-order valence-electron chi connectivity index (χ0n) is 10.6. The van der Waals surface area contributed by atoms with Gasteiger partial charge in [-0.05, 0) is 24.1 Å². The van der Waals surface area contributed by atoms with E-state index < -0.39 is 12.1 Å². The van der Waals surface area contributed by atoms with Crippen LogP contribution in [0.3, 0.4) is 0 Å². The van der Waals surface area contributed by atoms with Crippen LogP contribution in [0.5, 0.6) is 5.75 Å². The van der Waals surface area contributed by atoms with E-state index >= 15 is 0 Å². The van der Waals surface area contributed by atoms with Crippen molar-refractivity contribution < 1.29 is 24.5 Å². The zero-order valence-corrected chi connectivity index (χ0v) is 10.6. The van der Waals surface area contributed by atoms with E-state index in [1.54, 1.807) is 19.2 Å². The van der Waals surface area contributed by atoms with Crippen LogP contribution in [0.15, 0.2) is 24.3 Å². The first-order valence-corrected chi connectivity index (χ1v) is 5.83. The van der Waals surface area contributed by atoms with Crippen LogP contribution < -0.4 is 10.1 Å². The summed E-state index contributed by atoms with van der Waals surface area (Å²) in [6.07, 6.45) is -0.789. The number of aryl methyl sites for hydroxylation is 1. The molecule has 1 rings (SSSR count). The van der Waals surface area contributed by atoms with Crippen molar-refractivity contribution in [3.8, 4) is 5.75 Å². The number of nitrogens with one attached hydrogen (secondary N) is 1. The van der Waals surface area contributed by atoms with Gasteiger partial charge in [-0.25, -0.2) is 4.79 Å². The maximum Gasteiger partial charge on any atom is 0.334 e.